The number of benzene rings is 2. The molecule has 4 rings (SSSR count). The van der Waals surface area contributed by atoms with Crippen molar-refractivity contribution in [3.05, 3.63) is 54.6 Å². The van der Waals surface area contributed by atoms with Crippen LogP contribution in [0.3, 0.4) is 0 Å². The van der Waals surface area contributed by atoms with Gasteiger partial charge in [-0.25, -0.2) is 0 Å². The molecule has 6 heteroatoms. The molecule has 0 spiro atoms. The van der Waals surface area contributed by atoms with Crippen LogP contribution in [0.15, 0.2) is 54.6 Å². The van der Waals surface area contributed by atoms with E-state index >= 15 is 0 Å². The highest BCUT2D eigenvalue weighted by atomic mass is 16.5. The molecule has 146 valence electrons. The van der Waals surface area contributed by atoms with Gasteiger partial charge in [-0.2, -0.15) is 0 Å². The smallest absolute Gasteiger partial charge is 0.229 e. The van der Waals surface area contributed by atoms with Gasteiger partial charge in [-0.3, -0.25) is 9.59 Å². The van der Waals surface area contributed by atoms with Crippen LogP contribution in [0.5, 0.6) is 11.5 Å². The largest absolute Gasteiger partial charge is 0.457 e. The van der Waals surface area contributed by atoms with Crippen LogP contribution in [0.2, 0.25) is 0 Å². The number of nitrogens with zero attached hydrogens (tertiary/aromatic N) is 1. The predicted molar refractivity (Wildman–Crippen MR) is 105 cm³/mol. The van der Waals surface area contributed by atoms with Gasteiger partial charge in [-0.1, -0.05) is 18.2 Å². The van der Waals surface area contributed by atoms with Crippen molar-refractivity contribution in [1.82, 2.24) is 5.32 Å². The van der Waals surface area contributed by atoms with Crippen LogP contribution in [0.4, 0.5) is 5.69 Å². The van der Waals surface area contributed by atoms with Gasteiger partial charge in [0.15, 0.2) is 0 Å². The molecule has 2 fully saturated rings. The standard InChI is InChI=1S/C22H24N2O4/c25-21-14-17(23-22(26)16-10-12-27-13-11-16)15-24(21)18-6-8-20(9-7-18)28-19-4-2-1-3-5-19/h1-9,16-17H,10-15H2,(H,23,26)/t17-/m0/s1. The molecule has 2 aliphatic rings. The topological polar surface area (TPSA) is 67.9 Å². The normalized spacial score (nSPS) is 20.2. The highest BCUT2D eigenvalue weighted by molar-refractivity contribution is 5.97. The van der Waals surface area contributed by atoms with E-state index in [-0.39, 0.29) is 23.8 Å². The molecule has 2 aromatic carbocycles. The molecule has 1 N–H and O–H groups in total. The molecule has 0 saturated carbocycles. The van der Waals surface area contributed by atoms with Gasteiger partial charge in [0.2, 0.25) is 11.8 Å². The summed E-state index contributed by atoms with van der Waals surface area (Å²) < 4.78 is 11.1. The number of anilines is 1. The predicted octanol–water partition coefficient (Wildman–Crippen LogP) is 3.13. The first-order valence-corrected chi connectivity index (χ1v) is 9.70. The Hall–Kier alpha value is -2.86. The molecule has 6 nitrogen and oxygen atoms in total. The number of carbonyl (C=O) groups is 2. The van der Waals surface area contributed by atoms with E-state index in [0.29, 0.717) is 31.9 Å². The number of carbonyl (C=O) groups excluding carboxylic acids is 2. The Kier molecular flexibility index (Phi) is 5.58. The summed E-state index contributed by atoms with van der Waals surface area (Å²) in [5.74, 6) is 1.53. The van der Waals surface area contributed by atoms with Gasteiger partial charge >= 0.3 is 0 Å². The van der Waals surface area contributed by atoms with Crippen molar-refractivity contribution in [3.8, 4) is 11.5 Å². The van der Waals surface area contributed by atoms with Gasteiger partial charge in [-0.15, -0.1) is 0 Å². The second-order valence-electron chi connectivity index (χ2n) is 7.21. The van der Waals surface area contributed by atoms with Crippen molar-refractivity contribution < 1.29 is 19.1 Å². The maximum Gasteiger partial charge on any atom is 0.229 e. The van der Waals surface area contributed by atoms with E-state index < -0.39 is 0 Å². The number of rotatable bonds is 5. The van der Waals surface area contributed by atoms with Crippen LogP contribution >= 0.6 is 0 Å². The lowest BCUT2D eigenvalue weighted by Gasteiger charge is -2.23. The van der Waals surface area contributed by atoms with Crippen molar-refractivity contribution in [2.75, 3.05) is 24.7 Å². The fourth-order valence-electron chi connectivity index (χ4n) is 3.65. The quantitative estimate of drug-likeness (QED) is 0.865. The Morgan fingerprint density at radius 2 is 1.68 bits per heavy atom. The highest BCUT2D eigenvalue weighted by Gasteiger charge is 2.33. The lowest BCUT2D eigenvalue weighted by Crippen LogP contribution is -2.42. The third-order valence-electron chi connectivity index (χ3n) is 5.19. The second-order valence-corrected chi connectivity index (χ2v) is 7.21. The van der Waals surface area contributed by atoms with Crippen LogP contribution in [0.1, 0.15) is 19.3 Å². The number of amides is 2. The molecule has 28 heavy (non-hydrogen) atoms. The first-order chi connectivity index (χ1) is 13.7. The highest BCUT2D eigenvalue weighted by Crippen LogP contribution is 2.27. The summed E-state index contributed by atoms with van der Waals surface area (Å²) in [6, 6.07) is 16.9. The lowest BCUT2D eigenvalue weighted by molar-refractivity contribution is -0.128. The SMILES string of the molecule is O=C(N[C@H]1CC(=O)N(c2ccc(Oc3ccccc3)cc2)C1)C1CCOCC1. The molecule has 0 aliphatic carbocycles. The molecular formula is C22H24N2O4. The molecule has 2 heterocycles. The van der Waals surface area contributed by atoms with Crippen molar-refractivity contribution in [1.29, 1.82) is 0 Å². The fraction of sp³-hybridized carbons (Fsp3) is 0.364. The van der Waals surface area contributed by atoms with Crippen LogP contribution in [-0.2, 0) is 14.3 Å². The van der Waals surface area contributed by atoms with E-state index in [1.807, 2.05) is 54.6 Å². The van der Waals surface area contributed by atoms with Gasteiger partial charge in [0.1, 0.15) is 11.5 Å². The van der Waals surface area contributed by atoms with Gasteiger partial charge in [0, 0.05) is 37.8 Å². The molecule has 2 aromatic rings. The van der Waals surface area contributed by atoms with E-state index in [1.165, 1.54) is 0 Å². The Morgan fingerprint density at radius 3 is 2.39 bits per heavy atom. The van der Waals surface area contributed by atoms with E-state index in [0.717, 1.165) is 24.3 Å². The molecule has 2 amide bonds. The average molecular weight is 380 g/mol. The summed E-state index contributed by atoms with van der Waals surface area (Å²) in [6.45, 7) is 1.75. The number of para-hydroxylation sites is 1. The van der Waals surface area contributed by atoms with Crippen LogP contribution in [0.25, 0.3) is 0 Å². The third kappa shape index (κ3) is 4.34. The number of ether oxygens (including phenoxy) is 2. The van der Waals surface area contributed by atoms with E-state index in [1.54, 1.807) is 4.90 Å². The molecule has 0 aromatic heterocycles. The van der Waals surface area contributed by atoms with E-state index in [4.69, 9.17) is 9.47 Å². The fourth-order valence-corrected chi connectivity index (χ4v) is 3.65. The van der Waals surface area contributed by atoms with Crippen molar-refractivity contribution in [3.63, 3.8) is 0 Å². The molecule has 0 unspecified atom stereocenters. The Bertz CT molecular complexity index is 816. The lowest BCUT2D eigenvalue weighted by atomic mass is 9.99. The summed E-state index contributed by atoms with van der Waals surface area (Å²) in [5, 5.41) is 3.04. The zero-order valence-electron chi connectivity index (χ0n) is 15.7. The molecular weight excluding hydrogens is 356 g/mol. The number of nitrogens with one attached hydrogen (secondary N) is 1. The molecule has 0 radical (unpaired) electrons. The minimum atomic E-state index is -0.150. The zero-order valence-corrected chi connectivity index (χ0v) is 15.7. The first kappa shape index (κ1) is 18.5. The Morgan fingerprint density at radius 1 is 1.00 bits per heavy atom. The summed E-state index contributed by atoms with van der Waals surface area (Å²) in [6.07, 6.45) is 1.83. The minimum absolute atomic E-state index is 0.00711. The zero-order chi connectivity index (χ0) is 19.3. The minimum Gasteiger partial charge on any atom is -0.457 e. The maximum atomic E-state index is 12.4. The van der Waals surface area contributed by atoms with Crippen LogP contribution in [0, 0.1) is 5.92 Å². The summed E-state index contributed by atoms with van der Waals surface area (Å²) in [4.78, 5) is 26.6. The maximum absolute atomic E-state index is 12.4. The summed E-state index contributed by atoms with van der Waals surface area (Å²) >= 11 is 0. The number of hydrogen-bond acceptors (Lipinski definition) is 4. The first-order valence-electron chi connectivity index (χ1n) is 9.70. The van der Waals surface area contributed by atoms with E-state index in [9.17, 15) is 9.59 Å². The molecule has 0 bridgehead atoms. The van der Waals surface area contributed by atoms with Crippen molar-refractivity contribution >= 4 is 17.5 Å². The molecule has 1 atom stereocenters. The average Bonchev–Trinajstić information content (AvgIpc) is 3.10. The Labute approximate surface area is 164 Å². The van der Waals surface area contributed by atoms with Gasteiger partial charge in [0.05, 0.1) is 6.04 Å². The van der Waals surface area contributed by atoms with Gasteiger partial charge < -0.3 is 19.7 Å². The van der Waals surface area contributed by atoms with Gasteiger partial charge in [-0.05, 0) is 49.2 Å². The second kappa shape index (κ2) is 8.44. The third-order valence-corrected chi connectivity index (χ3v) is 5.19. The van der Waals surface area contributed by atoms with Gasteiger partial charge in [0.25, 0.3) is 0 Å². The van der Waals surface area contributed by atoms with Crippen molar-refractivity contribution in [2.24, 2.45) is 5.92 Å². The van der Waals surface area contributed by atoms with Crippen LogP contribution in [-0.4, -0.2) is 37.6 Å². The molecule has 2 aliphatic heterocycles. The monoisotopic (exact) mass is 380 g/mol. The summed E-state index contributed by atoms with van der Waals surface area (Å²) in [5.41, 5.74) is 0.813. The van der Waals surface area contributed by atoms with Crippen LogP contribution < -0.4 is 15.0 Å². The number of hydrogen-bond donors (Lipinski definition) is 1. The van der Waals surface area contributed by atoms with Crippen molar-refractivity contribution in [2.45, 2.75) is 25.3 Å². The molecule has 2 saturated heterocycles. The van der Waals surface area contributed by atoms with E-state index in [2.05, 4.69) is 5.32 Å². The summed E-state index contributed by atoms with van der Waals surface area (Å²) in [7, 11) is 0. The Balaban J connectivity index is 1.35.